The molecular weight excluding hydrogens is 274 g/mol. The lowest BCUT2D eigenvalue weighted by atomic mass is 9.81. The minimum absolute atomic E-state index is 0.191. The monoisotopic (exact) mass is 295 g/mol. The third-order valence-electron chi connectivity index (χ3n) is 4.45. The van der Waals surface area contributed by atoms with Gasteiger partial charge in [0.15, 0.2) is 0 Å². The van der Waals surface area contributed by atoms with Crippen LogP contribution in [0.3, 0.4) is 0 Å². The van der Waals surface area contributed by atoms with Crippen molar-refractivity contribution in [1.82, 2.24) is 10.3 Å². The van der Waals surface area contributed by atoms with Gasteiger partial charge in [-0.25, -0.2) is 4.98 Å². The minimum Gasteiger partial charge on any atom is -0.383 e. The molecule has 110 valence electrons. The van der Waals surface area contributed by atoms with Crippen LogP contribution in [0, 0.1) is 5.92 Å². The number of anilines is 1. The highest BCUT2D eigenvalue weighted by Gasteiger charge is 2.45. The Morgan fingerprint density at radius 1 is 1.55 bits per heavy atom. The Balaban J connectivity index is 1.87. The van der Waals surface area contributed by atoms with E-state index in [-0.39, 0.29) is 6.04 Å². The second-order valence-corrected chi connectivity index (χ2v) is 6.27. The van der Waals surface area contributed by atoms with Crippen LogP contribution in [-0.2, 0) is 4.74 Å². The van der Waals surface area contributed by atoms with E-state index in [9.17, 15) is 0 Å². The van der Waals surface area contributed by atoms with Gasteiger partial charge in [0.05, 0.1) is 17.2 Å². The highest BCUT2D eigenvalue weighted by Crippen LogP contribution is 2.45. The summed E-state index contributed by atoms with van der Waals surface area (Å²) in [5.74, 6) is 1.05. The summed E-state index contributed by atoms with van der Waals surface area (Å²) in [5, 5.41) is 4.26. The molecule has 3 rings (SSSR count). The van der Waals surface area contributed by atoms with Crippen molar-refractivity contribution in [2.75, 3.05) is 12.3 Å². The van der Waals surface area contributed by atoms with Crippen LogP contribution in [-0.4, -0.2) is 23.7 Å². The molecule has 4 nitrogen and oxygen atoms in total. The lowest BCUT2D eigenvalue weighted by Crippen LogP contribution is -2.34. The molecule has 0 spiro atoms. The Bertz CT molecular complexity index is 482. The Kier molecular flexibility index (Phi) is 4.15. The van der Waals surface area contributed by atoms with Gasteiger partial charge in [-0.05, 0) is 38.3 Å². The average molecular weight is 296 g/mol. The van der Waals surface area contributed by atoms with Gasteiger partial charge in [-0.1, -0.05) is 18.5 Å². The molecule has 0 saturated carbocycles. The zero-order chi connectivity index (χ0) is 14.1. The zero-order valence-electron chi connectivity index (χ0n) is 11.8. The van der Waals surface area contributed by atoms with Gasteiger partial charge >= 0.3 is 0 Å². The number of ether oxygens (including phenoxy) is 1. The largest absolute Gasteiger partial charge is 0.383 e. The fraction of sp³-hybridized carbons (Fsp3) is 0.667. The molecule has 2 aliphatic heterocycles. The third kappa shape index (κ3) is 2.65. The molecule has 4 atom stereocenters. The molecule has 2 bridgehead atoms. The van der Waals surface area contributed by atoms with Gasteiger partial charge in [0, 0.05) is 23.7 Å². The Hall–Kier alpha value is -0.840. The molecule has 0 radical (unpaired) electrons. The first kappa shape index (κ1) is 14.1. The number of nitrogens with two attached hydrogens (primary N) is 1. The number of nitrogens with zero attached hydrogens (tertiary/aromatic N) is 1. The molecule has 5 heteroatoms. The summed E-state index contributed by atoms with van der Waals surface area (Å²) in [7, 11) is 0. The van der Waals surface area contributed by atoms with E-state index in [0.29, 0.717) is 29.0 Å². The molecule has 2 saturated heterocycles. The van der Waals surface area contributed by atoms with Gasteiger partial charge in [0.25, 0.3) is 0 Å². The molecule has 1 aromatic heterocycles. The molecule has 20 heavy (non-hydrogen) atoms. The Morgan fingerprint density at radius 3 is 3.05 bits per heavy atom. The molecule has 3 heterocycles. The average Bonchev–Trinajstić information content (AvgIpc) is 3.05. The van der Waals surface area contributed by atoms with Crippen molar-refractivity contribution in [1.29, 1.82) is 0 Å². The smallest absolute Gasteiger partial charge is 0.128 e. The van der Waals surface area contributed by atoms with Gasteiger partial charge in [0.1, 0.15) is 5.82 Å². The Labute approximate surface area is 125 Å². The molecule has 2 aliphatic rings. The van der Waals surface area contributed by atoms with E-state index in [1.165, 1.54) is 6.42 Å². The minimum atomic E-state index is 0.191. The van der Waals surface area contributed by atoms with Crippen LogP contribution in [0.25, 0.3) is 0 Å². The lowest BCUT2D eigenvalue weighted by molar-refractivity contribution is 0.0857. The van der Waals surface area contributed by atoms with E-state index >= 15 is 0 Å². The van der Waals surface area contributed by atoms with Crippen LogP contribution in [0.15, 0.2) is 12.3 Å². The number of nitrogen functional groups attached to an aromatic ring is 1. The van der Waals surface area contributed by atoms with Crippen molar-refractivity contribution in [3.8, 4) is 0 Å². The summed E-state index contributed by atoms with van der Waals surface area (Å²) in [4.78, 5) is 4.21. The van der Waals surface area contributed by atoms with Crippen molar-refractivity contribution < 1.29 is 4.74 Å². The van der Waals surface area contributed by atoms with Gasteiger partial charge in [-0.15, -0.1) is 0 Å². The maximum Gasteiger partial charge on any atom is 0.128 e. The van der Waals surface area contributed by atoms with Crippen LogP contribution in [0.5, 0.6) is 0 Å². The SMILES string of the molecule is CCCNC(c1cc(Cl)cnc1N)C1CC2CCC1O2. The molecule has 1 aromatic rings. The van der Waals surface area contributed by atoms with Gasteiger partial charge in [-0.3, -0.25) is 0 Å². The summed E-state index contributed by atoms with van der Waals surface area (Å²) in [6.07, 6.45) is 6.95. The zero-order valence-corrected chi connectivity index (χ0v) is 12.6. The standard InChI is InChI=1S/C15H22ClN3O/c1-2-5-18-14(11-7-10-3-4-13(11)20-10)12-6-9(16)8-19-15(12)17/h6,8,10-11,13-14,18H,2-5,7H2,1H3,(H2,17,19). The van der Waals surface area contributed by atoms with Crippen LogP contribution < -0.4 is 11.1 Å². The second kappa shape index (κ2) is 5.88. The quantitative estimate of drug-likeness (QED) is 0.877. The first-order chi connectivity index (χ1) is 9.69. The van der Waals surface area contributed by atoms with Crippen LogP contribution in [0.1, 0.15) is 44.2 Å². The summed E-state index contributed by atoms with van der Waals surface area (Å²) in [6.45, 7) is 3.13. The van der Waals surface area contributed by atoms with E-state index in [1.54, 1.807) is 6.20 Å². The van der Waals surface area contributed by atoms with Crippen LogP contribution >= 0.6 is 11.6 Å². The van der Waals surface area contributed by atoms with Gasteiger partial charge < -0.3 is 15.8 Å². The fourth-order valence-corrected chi connectivity index (χ4v) is 3.70. The molecular formula is C15H22ClN3O. The predicted molar refractivity (Wildman–Crippen MR) is 80.7 cm³/mol. The molecule has 2 fully saturated rings. The number of pyridine rings is 1. The molecule has 0 aliphatic carbocycles. The molecule has 3 N–H and O–H groups in total. The lowest BCUT2D eigenvalue weighted by Gasteiger charge is -2.30. The molecule has 0 amide bonds. The van der Waals surface area contributed by atoms with E-state index in [2.05, 4.69) is 17.2 Å². The van der Waals surface area contributed by atoms with Crippen LogP contribution in [0.4, 0.5) is 5.82 Å². The van der Waals surface area contributed by atoms with E-state index in [4.69, 9.17) is 22.1 Å². The third-order valence-corrected chi connectivity index (χ3v) is 4.65. The maximum absolute atomic E-state index is 6.10. The summed E-state index contributed by atoms with van der Waals surface area (Å²) in [5.41, 5.74) is 7.10. The molecule has 0 aromatic carbocycles. The van der Waals surface area contributed by atoms with E-state index < -0.39 is 0 Å². The van der Waals surface area contributed by atoms with Crippen molar-refractivity contribution in [2.24, 2.45) is 5.92 Å². The van der Waals surface area contributed by atoms with Crippen molar-refractivity contribution in [2.45, 2.75) is 50.9 Å². The highest BCUT2D eigenvalue weighted by molar-refractivity contribution is 6.30. The number of halogens is 1. The number of hydrogen-bond acceptors (Lipinski definition) is 4. The Morgan fingerprint density at radius 2 is 2.40 bits per heavy atom. The van der Waals surface area contributed by atoms with Crippen molar-refractivity contribution >= 4 is 17.4 Å². The summed E-state index contributed by atoms with van der Waals surface area (Å²) in [6, 6.07) is 2.14. The number of rotatable bonds is 5. The predicted octanol–water partition coefficient (Wildman–Crippen LogP) is 2.93. The van der Waals surface area contributed by atoms with Crippen LogP contribution in [0.2, 0.25) is 5.02 Å². The van der Waals surface area contributed by atoms with Crippen molar-refractivity contribution in [3.63, 3.8) is 0 Å². The number of fused-ring (bicyclic) bond motifs is 2. The molecule has 4 unspecified atom stereocenters. The summed E-state index contributed by atoms with van der Waals surface area (Å²) >= 11 is 6.10. The highest BCUT2D eigenvalue weighted by atomic mass is 35.5. The van der Waals surface area contributed by atoms with Crippen molar-refractivity contribution in [3.05, 3.63) is 22.8 Å². The first-order valence-corrected chi connectivity index (χ1v) is 7.86. The number of hydrogen-bond donors (Lipinski definition) is 2. The number of aromatic nitrogens is 1. The fourth-order valence-electron chi connectivity index (χ4n) is 3.53. The van der Waals surface area contributed by atoms with Gasteiger partial charge in [0.2, 0.25) is 0 Å². The van der Waals surface area contributed by atoms with E-state index in [0.717, 1.165) is 31.4 Å². The number of nitrogens with one attached hydrogen (secondary N) is 1. The first-order valence-electron chi connectivity index (χ1n) is 7.48. The van der Waals surface area contributed by atoms with Gasteiger partial charge in [-0.2, -0.15) is 0 Å². The topological polar surface area (TPSA) is 60.2 Å². The normalized spacial score (nSPS) is 29.8. The maximum atomic E-state index is 6.10. The second-order valence-electron chi connectivity index (χ2n) is 5.83. The van der Waals surface area contributed by atoms with E-state index in [1.807, 2.05) is 6.07 Å². The summed E-state index contributed by atoms with van der Waals surface area (Å²) < 4.78 is 6.00.